The second-order valence-corrected chi connectivity index (χ2v) is 7.18. The third kappa shape index (κ3) is 3.47. The zero-order valence-electron chi connectivity index (χ0n) is 15.4. The van der Waals surface area contributed by atoms with Crippen molar-refractivity contribution < 1.29 is 23.2 Å². The summed E-state index contributed by atoms with van der Waals surface area (Å²) in [6, 6.07) is 10.8. The van der Waals surface area contributed by atoms with E-state index in [1.165, 1.54) is 19.2 Å². The number of benzene rings is 1. The molecule has 4 aromatic rings. The number of pyridine rings is 1. The van der Waals surface area contributed by atoms with Gasteiger partial charge in [0.05, 0.1) is 34.4 Å². The number of nitrogens with one attached hydrogen (secondary N) is 1. The van der Waals surface area contributed by atoms with Crippen molar-refractivity contribution in [1.82, 2.24) is 10.1 Å². The number of esters is 1. The van der Waals surface area contributed by atoms with Gasteiger partial charge in [0.2, 0.25) is 0 Å². The predicted octanol–water partition coefficient (Wildman–Crippen LogP) is 4.44. The molecule has 0 aliphatic heterocycles. The maximum atomic E-state index is 14.2. The van der Waals surface area contributed by atoms with Crippen LogP contribution in [0.1, 0.15) is 25.7 Å². The lowest BCUT2D eigenvalue weighted by Crippen LogP contribution is -2.12. The van der Waals surface area contributed by atoms with Crippen LogP contribution in [0.4, 0.5) is 9.39 Å². The largest absolute Gasteiger partial charge is 0.465 e. The second-order valence-electron chi connectivity index (χ2n) is 6.09. The third-order valence-corrected chi connectivity index (χ3v) is 5.22. The first-order valence-corrected chi connectivity index (χ1v) is 9.31. The minimum Gasteiger partial charge on any atom is -0.465 e. The van der Waals surface area contributed by atoms with Gasteiger partial charge in [0.15, 0.2) is 0 Å². The van der Waals surface area contributed by atoms with E-state index in [0.29, 0.717) is 21.0 Å². The monoisotopic (exact) mass is 411 g/mol. The number of rotatable bonds is 4. The van der Waals surface area contributed by atoms with E-state index in [9.17, 15) is 14.0 Å². The summed E-state index contributed by atoms with van der Waals surface area (Å²) in [5, 5.41) is 7.51. The minimum absolute atomic E-state index is 0.134. The van der Waals surface area contributed by atoms with E-state index in [4.69, 9.17) is 4.52 Å². The summed E-state index contributed by atoms with van der Waals surface area (Å²) in [5.74, 6) is -1.42. The Bertz CT molecular complexity index is 1250. The number of halogens is 1. The highest BCUT2D eigenvalue weighted by Crippen LogP contribution is 2.30. The van der Waals surface area contributed by atoms with E-state index in [1.807, 2.05) is 0 Å². The molecular weight excluding hydrogens is 397 g/mol. The molecule has 0 fully saturated rings. The average Bonchev–Trinajstić information content (AvgIpc) is 3.34. The normalized spacial score (nSPS) is 10.9. The lowest BCUT2D eigenvalue weighted by atomic mass is 10.0. The van der Waals surface area contributed by atoms with Crippen LogP contribution in [0.25, 0.3) is 22.4 Å². The molecule has 0 bridgehead atoms. The Balaban J connectivity index is 1.76. The van der Waals surface area contributed by atoms with Crippen LogP contribution in [0.2, 0.25) is 0 Å². The molecule has 0 radical (unpaired) electrons. The Morgan fingerprint density at radius 1 is 1.21 bits per heavy atom. The molecule has 0 saturated heterocycles. The van der Waals surface area contributed by atoms with Crippen molar-refractivity contribution in [2.75, 3.05) is 12.4 Å². The molecule has 1 amide bonds. The van der Waals surface area contributed by atoms with E-state index < -0.39 is 17.7 Å². The number of carbonyl (C=O) groups excluding carboxylic acids is 2. The van der Waals surface area contributed by atoms with E-state index in [-0.39, 0.29) is 22.5 Å². The van der Waals surface area contributed by atoms with Crippen molar-refractivity contribution in [3.63, 3.8) is 0 Å². The maximum Gasteiger partial charge on any atom is 0.348 e. The van der Waals surface area contributed by atoms with E-state index in [2.05, 4.69) is 20.2 Å². The lowest BCUT2D eigenvalue weighted by molar-refractivity contribution is 0.0606. The van der Waals surface area contributed by atoms with Gasteiger partial charge in [-0.1, -0.05) is 17.3 Å². The molecule has 29 heavy (non-hydrogen) atoms. The van der Waals surface area contributed by atoms with Crippen molar-refractivity contribution in [2.24, 2.45) is 0 Å². The summed E-state index contributed by atoms with van der Waals surface area (Å²) >= 11 is 1.08. The summed E-state index contributed by atoms with van der Waals surface area (Å²) in [6.07, 6.45) is 0. The molecule has 0 aliphatic rings. The summed E-state index contributed by atoms with van der Waals surface area (Å²) in [7, 11) is 1.28. The number of nitrogens with zero attached hydrogens (tertiary/aromatic N) is 2. The third-order valence-electron chi connectivity index (χ3n) is 4.24. The Labute approximate surface area is 168 Å². The van der Waals surface area contributed by atoms with Crippen LogP contribution in [-0.2, 0) is 4.74 Å². The van der Waals surface area contributed by atoms with Gasteiger partial charge < -0.3 is 14.6 Å². The van der Waals surface area contributed by atoms with Gasteiger partial charge in [-0.2, -0.15) is 0 Å². The van der Waals surface area contributed by atoms with Crippen molar-refractivity contribution in [2.45, 2.75) is 6.92 Å². The van der Waals surface area contributed by atoms with Crippen LogP contribution in [-0.4, -0.2) is 29.1 Å². The summed E-state index contributed by atoms with van der Waals surface area (Å²) in [4.78, 5) is 29.3. The molecule has 4 rings (SSSR count). The zero-order chi connectivity index (χ0) is 20.5. The number of ether oxygens (including phenoxy) is 1. The second kappa shape index (κ2) is 7.44. The fourth-order valence-electron chi connectivity index (χ4n) is 2.88. The molecule has 0 spiro atoms. The highest BCUT2D eigenvalue weighted by atomic mass is 32.1. The number of carbonyl (C=O) groups is 2. The van der Waals surface area contributed by atoms with Gasteiger partial charge in [-0.15, -0.1) is 11.3 Å². The molecule has 146 valence electrons. The number of hydrogen-bond donors (Lipinski definition) is 1. The molecule has 0 saturated carbocycles. The Kier molecular flexibility index (Phi) is 4.81. The van der Waals surface area contributed by atoms with Crippen LogP contribution in [0.5, 0.6) is 0 Å². The van der Waals surface area contributed by atoms with Crippen LogP contribution in [0.3, 0.4) is 0 Å². The Hall–Kier alpha value is -3.59. The Morgan fingerprint density at radius 2 is 2.00 bits per heavy atom. The number of fused-ring (bicyclic) bond motifs is 1. The number of aromatic nitrogens is 2. The zero-order valence-corrected chi connectivity index (χ0v) is 16.2. The van der Waals surface area contributed by atoms with Gasteiger partial charge in [-0.05, 0) is 37.3 Å². The molecule has 3 heterocycles. The summed E-state index contributed by atoms with van der Waals surface area (Å²) in [5.41, 5.74) is 1.34. The summed E-state index contributed by atoms with van der Waals surface area (Å²) < 4.78 is 24.1. The van der Waals surface area contributed by atoms with Crippen molar-refractivity contribution in [3.8, 4) is 11.3 Å². The fraction of sp³-hybridized carbons (Fsp3) is 0.100. The van der Waals surface area contributed by atoms with Gasteiger partial charge in [0, 0.05) is 5.56 Å². The van der Waals surface area contributed by atoms with Crippen molar-refractivity contribution in [3.05, 3.63) is 64.4 Å². The number of hydrogen-bond acceptors (Lipinski definition) is 7. The van der Waals surface area contributed by atoms with E-state index in [0.717, 1.165) is 11.3 Å². The van der Waals surface area contributed by atoms with Crippen molar-refractivity contribution in [1.29, 1.82) is 0 Å². The summed E-state index contributed by atoms with van der Waals surface area (Å²) in [6.45, 7) is 1.69. The molecule has 7 nitrogen and oxygen atoms in total. The Morgan fingerprint density at radius 3 is 2.76 bits per heavy atom. The van der Waals surface area contributed by atoms with Crippen LogP contribution in [0, 0.1) is 12.7 Å². The molecular formula is C20H14FN3O4S. The first kappa shape index (κ1) is 18.8. The minimum atomic E-state index is -0.487. The van der Waals surface area contributed by atoms with Crippen molar-refractivity contribution >= 4 is 39.3 Å². The van der Waals surface area contributed by atoms with Gasteiger partial charge in [-0.3, -0.25) is 4.79 Å². The molecule has 3 aromatic heterocycles. The quantitative estimate of drug-likeness (QED) is 0.499. The fourth-order valence-corrected chi connectivity index (χ4v) is 3.69. The predicted molar refractivity (Wildman–Crippen MR) is 106 cm³/mol. The molecule has 1 N–H and O–H groups in total. The molecule has 1 aromatic carbocycles. The van der Waals surface area contributed by atoms with Crippen LogP contribution in [0.15, 0.2) is 47.0 Å². The van der Waals surface area contributed by atoms with Gasteiger partial charge in [0.25, 0.3) is 11.6 Å². The maximum absolute atomic E-state index is 14.2. The first-order chi connectivity index (χ1) is 14.0. The standard InChI is InChI=1S/C20H14FN3O4S/c1-10-17-12(18(25)23-16-8-7-15(29-16)20(26)27-2)9-14(22-19(17)28-24-10)11-5-3-4-6-13(11)21/h3-9H,1-2H3,(H,23,25). The smallest absolute Gasteiger partial charge is 0.348 e. The molecule has 0 unspecified atom stereocenters. The number of aryl methyl sites for hydroxylation is 1. The van der Waals surface area contributed by atoms with E-state index in [1.54, 1.807) is 37.3 Å². The number of amides is 1. The topological polar surface area (TPSA) is 94.3 Å². The molecule has 0 aliphatic carbocycles. The number of methoxy groups -OCH3 is 1. The molecule has 0 atom stereocenters. The highest BCUT2D eigenvalue weighted by Gasteiger charge is 2.21. The number of anilines is 1. The number of thiophene rings is 1. The lowest BCUT2D eigenvalue weighted by Gasteiger charge is -2.08. The van der Waals surface area contributed by atoms with Gasteiger partial charge >= 0.3 is 5.97 Å². The molecule has 9 heteroatoms. The van der Waals surface area contributed by atoms with Crippen LogP contribution < -0.4 is 5.32 Å². The highest BCUT2D eigenvalue weighted by molar-refractivity contribution is 7.18. The first-order valence-electron chi connectivity index (χ1n) is 8.49. The van der Waals surface area contributed by atoms with Gasteiger partial charge in [0.1, 0.15) is 10.7 Å². The van der Waals surface area contributed by atoms with Crippen LogP contribution >= 0.6 is 11.3 Å². The SMILES string of the molecule is COC(=O)c1ccc(NC(=O)c2cc(-c3ccccc3F)nc3onc(C)c23)s1. The average molecular weight is 411 g/mol. The van der Waals surface area contributed by atoms with Gasteiger partial charge in [-0.25, -0.2) is 14.2 Å². The van der Waals surface area contributed by atoms with E-state index >= 15 is 0 Å².